The van der Waals surface area contributed by atoms with E-state index in [2.05, 4.69) is 35.8 Å². The van der Waals surface area contributed by atoms with Crippen molar-refractivity contribution in [2.75, 3.05) is 18.4 Å². The predicted octanol–water partition coefficient (Wildman–Crippen LogP) is 3.04. The summed E-state index contributed by atoms with van der Waals surface area (Å²) in [6.45, 7) is 4.46. The second-order valence-electron chi connectivity index (χ2n) is 5.54. The molecule has 2 nitrogen and oxygen atoms in total. The molecule has 1 fully saturated rings. The van der Waals surface area contributed by atoms with Crippen LogP contribution >= 0.6 is 0 Å². The Balaban J connectivity index is 1.71. The maximum absolute atomic E-state index is 3.72. The van der Waals surface area contributed by atoms with Crippen molar-refractivity contribution in [3.8, 4) is 0 Å². The molecule has 2 N–H and O–H groups in total. The number of anilines is 1. The van der Waals surface area contributed by atoms with Crippen molar-refractivity contribution in [1.29, 1.82) is 0 Å². The first-order valence-electron chi connectivity index (χ1n) is 6.91. The first-order chi connectivity index (χ1) is 8.33. The van der Waals surface area contributed by atoms with Gasteiger partial charge < -0.3 is 10.6 Å². The minimum atomic E-state index is 0.701. The highest BCUT2D eigenvalue weighted by molar-refractivity contribution is 5.56. The predicted molar refractivity (Wildman–Crippen MR) is 72.7 cm³/mol. The number of nitrogens with one attached hydrogen (secondary N) is 2. The first kappa shape index (κ1) is 11.1. The fourth-order valence-corrected chi connectivity index (χ4v) is 2.85. The van der Waals surface area contributed by atoms with Crippen molar-refractivity contribution < 1.29 is 0 Å². The monoisotopic (exact) mass is 230 g/mol. The van der Waals surface area contributed by atoms with E-state index in [1.165, 1.54) is 42.5 Å². The molecule has 1 aromatic rings. The lowest BCUT2D eigenvalue weighted by Gasteiger charge is -2.32. The maximum Gasteiger partial charge on any atom is 0.0376 e. The lowest BCUT2D eigenvalue weighted by molar-refractivity contribution is 0.329. The van der Waals surface area contributed by atoms with Crippen molar-refractivity contribution in [2.45, 2.75) is 44.6 Å². The molecule has 0 amide bonds. The highest BCUT2D eigenvalue weighted by atomic mass is 14.9. The molecule has 1 aliphatic heterocycles. The Morgan fingerprint density at radius 1 is 1.29 bits per heavy atom. The van der Waals surface area contributed by atoms with Crippen LogP contribution < -0.4 is 10.6 Å². The summed E-state index contributed by atoms with van der Waals surface area (Å²) in [7, 11) is 0. The van der Waals surface area contributed by atoms with Gasteiger partial charge in [-0.3, -0.25) is 0 Å². The molecule has 17 heavy (non-hydrogen) atoms. The van der Waals surface area contributed by atoms with Gasteiger partial charge in [0.1, 0.15) is 0 Å². The van der Waals surface area contributed by atoms with Gasteiger partial charge in [-0.15, -0.1) is 0 Å². The standard InChI is InChI=1S/C15H22N2/c1-11-5-6-15-14(9-11)12(7-8-16-15)10-17-13-3-2-4-13/h5-6,9,12-13,16-17H,2-4,7-8,10H2,1H3. The Hall–Kier alpha value is -1.02. The molecule has 1 heterocycles. The van der Waals surface area contributed by atoms with Gasteiger partial charge >= 0.3 is 0 Å². The second-order valence-corrected chi connectivity index (χ2v) is 5.54. The summed E-state index contributed by atoms with van der Waals surface area (Å²) in [5, 5.41) is 7.23. The van der Waals surface area contributed by atoms with Crippen LogP contribution in [0.3, 0.4) is 0 Å². The molecule has 0 bridgehead atoms. The highest BCUT2D eigenvalue weighted by Crippen LogP contribution is 2.32. The molecule has 2 aliphatic rings. The number of benzene rings is 1. The molecule has 1 atom stereocenters. The van der Waals surface area contributed by atoms with Crippen LogP contribution in [-0.2, 0) is 0 Å². The van der Waals surface area contributed by atoms with Crippen molar-refractivity contribution >= 4 is 5.69 Å². The average molecular weight is 230 g/mol. The molecule has 0 aromatic heterocycles. The zero-order chi connectivity index (χ0) is 11.7. The summed E-state index contributed by atoms with van der Waals surface area (Å²) in [4.78, 5) is 0. The molecule has 2 heteroatoms. The minimum Gasteiger partial charge on any atom is -0.385 e. The molecular weight excluding hydrogens is 208 g/mol. The molecule has 0 spiro atoms. The van der Waals surface area contributed by atoms with Crippen molar-refractivity contribution in [2.24, 2.45) is 0 Å². The summed E-state index contributed by atoms with van der Waals surface area (Å²) in [6, 6.07) is 7.60. The summed E-state index contributed by atoms with van der Waals surface area (Å²) in [5.41, 5.74) is 4.24. The molecule has 3 rings (SSSR count). The van der Waals surface area contributed by atoms with Gasteiger partial charge in [0.2, 0.25) is 0 Å². The van der Waals surface area contributed by atoms with E-state index in [1.807, 2.05) is 0 Å². The van der Waals surface area contributed by atoms with Gasteiger partial charge in [-0.2, -0.15) is 0 Å². The summed E-state index contributed by atoms with van der Waals surface area (Å²) >= 11 is 0. The van der Waals surface area contributed by atoms with E-state index in [0.717, 1.165) is 19.1 Å². The lowest BCUT2D eigenvalue weighted by Crippen LogP contribution is -2.38. The Labute approximate surface area is 104 Å². The van der Waals surface area contributed by atoms with Gasteiger partial charge in [0, 0.05) is 30.7 Å². The summed E-state index contributed by atoms with van der Waals surface area (Å²) < 4.78 is 0. The van der Waals surface area contributed by atoms with E-state index in [9.17, 15) is 0 Å². The van der Waals surface area contributed by atoms with Crippen molar-refractivity contribution in [3.05, 3.63) is 29.3 Å². The fraction of sp³-hybridized carbons (Fsp3) is 0.600. The van der Waals surface area contributed by atoms with E-state index >= 15 is 0 Å². The largest absolute Gasteiger partial charge is 0.385 e. The lowest BCUT2D eigenvalue weighted by atomic mass is 9.88. The Kier molecular flexibility index (Phi) is 3.06. The van der Waals surface area contributed by atoms with E-state index < -0.39 is 0 Å². The first-order valence-corrected chi connectivity index (χ1v) is 6.91. The third-order valence-corrected chi connectivity index (χ3v) is 4.21. The number of aryl methyl sites for hydroxylation is 1. The van der Waals surface area contributed by atoms with Crippen LogP contribution in [0.25, 0.3) is 0 Å². The summed E-state index contributed by atoms with van der Waals surface area (Å²) in [5.74, 6) is 0.701. The molecule has 1 aliphatic carbocycles. The fourth-order valence-electron chi connectivity index (χ4n) is 2.85. The van der Waals surface area contributed by atoms with Gasteiger partial charge in [-0.25, -0.2) is 0 Å². The minimum absolute atomic E-state index is 0.701. The molecule has 0 saturated heterocycles. The third-order valence-electron chi connectivity index (χ3n) is 4.21. The zero-order valence-corrected chi connectivity index (χ0v) is 10.6. The third kappa shape index (κ3) is 2.32. The normalized spacial score (nSPS) is 23.7. The number of hydrogen-bond acceptors (Lipinski definition) is 2. The smallest absolute Gasteiger partial charge is 0.0376 e. The SMILES string of the molecule is Cc1ccc2c(c1)C(CNC1CCC1)CCN2. The topological polar surface area (TPSA) is 24.1 Å². The van der Waals surface area contributed by atoms with Crippen LogP contribution in [-0.4, -0.2) is 19.1 Å². The highest BCUT2D eigenvalue weighted by Gasteiger charge is 2.22. The van der Waals surface area contributed by atoms with Gasteiger partial charge in [0.05, 0.1) is 0 Å². The van der Waals surface area contributed by atoms with Gasteiger partial charge in [-0.05, 0) is 37.8 Å². The van der Waals surface area contributed by atoms with E-state index in [-0.39, 0.29) is 0 Å². The number of rotatable bonds is 3. The quantitative estimate of drug-likeness (QED) is 0.834. The molecule has 1 unspecified atom stereocenters. The Morgan fingerprint density at radius 2 is 2.18 bits per heavy atom. The van der Waals surface area contributed by atoms with Gasteiger partial charge in [0.25, 0.3) is 0 Å². The Morgan fingerprint density at radius 3 is 2.94 bits per heavy atom. The van der Waals surface area contributed by atoms with E-state index in [4.69, 9.17) is 0 Å². The van der Waals surface area contributed by atoms with Crippen molar-refractivity contribution in [1.82, 2.24) is 5.32 Å². The number of fused-ring (bicyclic) bond motifs is 1. The van der Waals surface area contributed by atoms with Crippen LogP contribution in [0.15, 0.2) is 18.2 Å². The molecule has 0 radical (unpaired) electrons. The zero-order valence-electron chi connectivity index (χ0n) is 10.6. The molecule has 92 valence electrons. The Bertz CT molecular complexity index is 396. The average Bonchev–Trinajstić information content (AvgIpc) is 2.27. The summed E-state index contributed by atoms with van der Waals surface area (Å²) in [6.07, 6.45) is 5.44. The number of hydrogen-bond donors (Lipinski definition) is 2. The molecule has 1 saturated carbocycles. The van der Waals surface area contributed by atoms with Crippen LogP contribution in [0.4, 0.5) is 5.69 Å². The maximum atomic E-state index is 3.72. The van der Waals surface area contributed by atoms with Crippen LogP contribution in [0.5, 0.6) is 0 Å². The van der Waals surface area contributed by atoms with E-state index in [0.29, 0.717) is 5.92 Å². The van der Waals surface area contributed by atoms with Gasteiger partial charge in [-0.1, -0.05) is 24.1 Å². The second kappa shape index (κ2) is 4.69. The molecular formula is C15H22N2. The van der Waals surface area contributed by atoms with Crippen molar-refractivity contribution in [3.63, 3.8) is 0 Å². The van der Waals surface area contributed by atoms with Crippen LogP contribution in [0.1, 0.15) is 42.7 Å². The van der Waals surface area contributed by atoms with Crippen LogP contribution in [0.2, 0.25) is 0 Å². The van der Waals surface area contributed by atoms with Crippen LogP contribution in [0, 0.1) is 6.92 Å². The van der Waals surface area contributed by atoms with Gasteiger partial charge in [0.15, 0.2) is 0 Å². The molecule has 1 aromatic carbocycles. The van der Waals surface area contributed by atoms with E-state index in [1.54, 1.807) is 0 Å².